The molecule has 1 aliphatic carbocycles. The molecule has 3 nitrogen and oxygen atoms in total. The molecule has 4 heteroatoms. The molecule has 88 valence electrons. The van der Waals surface area contributed by atoms with E-state index in [0.717, 1.165) is 31.5 Å². The van der Waals surface area contributed by atoms with Crippen LogP contribution in [0.25, 0.3) is 0 Å². The average molecular weight is 238 g/mol. The highest BCUT2D eigenvalue weighted by Gasteiger charge is 2.38. The van der Waals surface area contributed by atoms with Crippen molar-refractivity contribution < 1.29 is 4.79 Å². The van der Waals surface area contributed by atoms with Crippen molar-refractivity contribution in [1.29, 1.82) is 0 Å². The van der Waals surface area contributed by atoms with Crippen LogP contribution in [0.4, 0.5) is 0 Å². The van der Waals surface area contributed by atoms with Crippen molar-refractivity contribution in [3.63, 3.8) is 0 Å². The third-order valence-electron chi connectivity index (χ3n) is 3.03. The summed E-state index contributed by atoms with van der Waals surface area (Å²) in [4.78, 5) is 16.0. The number of aromatic nitrogens is 1. The maximum Gasteiger partial charge on any atom is 0.223 e. The molecule has 1 amide bonds. The van der Waals surface area contributed by atoms with Gasteiger partial charge in [0, 0.05) is 24.3 Å². The minimum Gasteiger partial charge on any atom is -0.355 e. The number of hydrogen-bond donors (Lipinski definition) is 1. The number of carbonyl (C=O) groups is 1. The van der Waals surface area contributed by atoms with Crippen molar-refractivity contribution in [2.75, 3.05) is 6.54 Å². The molecule has 2 atom stereocenters. The SMILES string of the molecule is CCc1nc(CCNC(=O)[C@H]2C[C@H]2C)cs1. The Morgan fingerprint density at radius 3 is 3.00 bits per heavy atom. The van der Waals surface area contributed by atoms with Crippen LogP contribution in [0.1, 0.15) is 31.0 Å². The van der Waals surface area contributed by atoms with Gasteiger partial charge < -0.3 is 5.32 Å². The summed E-state index contributed by atoms with van der Waals surface area (Å²) >= 11 is 1.70. The highest BCUT2D eigenvalue weighted by Crippen LogP contribution is 2.37. The minimum atomic E-state index is 0.221. The lowest BCUT2D eigenvalue weighted by Gasteiger charge is -2.02. The van der Waals surface area contributed by atoms with Crippen LogP contribution in [0, 0.1) is 11.8 Å². The minimum absolute atomic E-state index is 0.221. The Kier molecular flexibility index (Phi) is 3.59. The first kappa shape index (κ1) is 11.6. The third kappa shape index (κ3) is 2.82. The van der Waals surface area contributed by atoms with Gasteiger partial charge in [0.2, 0.25) is 5.91 Å². The van der Waals surface area contributed by atoms with Crippen LogP contribution >= 0.6 is 11.3 Å². The number of nitrogens with one attached hydrogen (secondary N) is 1. The highest BCUT2D eigenvalue weighted by atomic mass is 32.1. The van der Waals surface area contributed by atoms with E-state index >= 15 is 0 Å². The summed E-state index contributed by atoms with van der Waals surface area (Å²) in [6, 6.07) is 0. The number of thiazole rings is 1. The molecule has 16 heavy (non-hydrogen) atoms. The predicted molar refractivity (Wildman–Crippen MR) is 65.5 cm³/mol. The molecular formula is C12H18N2OS. The van der Waals surface area contributed by atoms with Crippen LogP contribution in [0.5, 0.6) is 0 Å². The second-order valence-corrected chi connectivity index (χ2v) is 5.39. The van der Waals surface area contributed by atoms with E-state index in [0.29, 0.717) is 5.92 Å². The fourth-order valence-corrected chi connectivity index (χ4v) is 2.54. The number of amides is 1. The number of hydrogen-bond acceptors (Lipinski definition) is 3. The molecule has 1 saturated carbocycles. The molecule has 0 unspecified atom stereocenters. The molecular weight excluding hydrogens is 220 g/mol. The molecule has 1 N–H and O–H groups in total. The molecule has 0 bridgehead atoms. The monoisotopic (exact) mass is 238 g/mol. The lowest BCUT2D eigenvalue weighted by atomic mass is 10.3. The maximum atomic E-state index is 11.5. The molecule has 1 aliphatic rings. The number of carbonyl (C=O) groups excluding carboxylic acids is 1. The van der Waals surface area contributed by atoms with E-state index in [2.05, 4.69) is 29.5 Å². The topological polar surface area (TPSA) is 42.0 Å². The molecule has 0 aliphatic heterocycles. The number of rotatable bonds is 5. The largest absolute Gasteiger partial charge is 0.355 e. The number of aryl methyl sites for hydroxylation is 1. The quantitative estimate of drug-likeness (QED) is 0.852. The van der Waals surface area contributed by atoms with E-state index in [1.165, 1.54) is 5.01 Å². The van der Waals surface area contributed by atoms with Crippen molar-refractivity contribution in [2.24, 2.45) is 11.8 Å². The van der Waals surface area contributed by atoms with E-state index in [-0.39, 0.29) is 11.8 Å². The normalized spacial score (nSPS) is 23.1. The fourth-order valence-electron chi connectivity index (χ4n) is 1.76. The zero-order chi connectivity index (χ0) is 11.5. The van der Waals surface area contributed by atoms with Gasteiger partial charge in [-0.2, -0.15) is 0 Å². The van der Waals surface area contributed by atoms with E-state index in [9.17, 15) is 4.79 Å². The van der Waals surface area contributed by atoms with Gasteiger partial charge in [0.1, 0.15) is 0 Å². The summed E-state index contributed by atoms with van der Waals surface area (Å²) in [6.07, 6.45) is 2.91. The summed E-state index contributed by atoms with van der Waals surface area (Å²) in [5.74, 6) is 1.09. The van der Waals surface area contributed by atoms with Gasteiger partial charge in [-0.3, -0.25) is 4.79 Å². The van der Waals surface area contributed by atoms with Gasteiger partial charge in [0.15, 0.2) is 0 Å². The van der Waals surface area contributed by atoms with Crippen LogP contribution in [0.2, 0.25) is 0 Å². The molecule has 2 rings (SSSR count). The van der Waals surface area contributed by atoms with Crippen molar-refractivity contribution in [3.05, 3.63) is 16.1 Å². The lowest BCUT2D eigenvalue weighted by molar-refractivity contribution is -0.122. The van der Waals surface area contributed by atoms with Crippen molar-refractivity contribution in [3.8, 4) is 0 Å². The van der Waals surface area contributed by atoms with Gasteiger partial charge in [-0.15, -0.1) is 11.3 Å². The first-order valence-corrected chi connectivity index (χ1v) is 6.79. The lowest BCUT2D eigenvalue weighted by Crippen LogP contribution is -2.27. The molecule has 0 spiro atoms. The van der Waals surface area contributed by atoms with Gasteiger partial charge in [-0.05, 0) is 18.8 Å². The summed E-state index contributed by atoms with van der Waals surface area (Å²) in [5, 5.41) is 6.24. The van der Waals surface area contributed by atoms with Crippen LogP contribution in [-0.2, 0) is 17.6 Å². The molecule has 0 saturated heterocycles. The molecule has 1 fully saturated rings. The Hall–Kier alpha value is -0.900. The standard InChI is InChI=1S/C12H18N2OS/c1-3-11-14-9(7-16-11)4-5-13-12(15)10-6-8(10)2/h7-8,10H,3-6H2,1-2H3,(H,13,15)/t8-,10+/m1/s1. The molecule has 1 aromatic heterocycles. The van der Waals surface area contributed by atoms with Crippen molar-refractivity contribution >= 4 is 17.2 Å². The average Bonchev–Trinajstić information content (AvgIpc) is 2.83. The van der Waals surface area contributed by atoms with Crippen LogP contribution in [0.15, 0.2) is 5.38 Å². The third-order valence-corrected chi connectivity index (χ3v) is 4.07. The molecule has 0 aromatic carbocycles. The van der Waals surface area contributed by atoms with Gasteiger partial charge >= 0.3 is 0 Å². The first-order valence-electron chi connectivity index (χ1n) is 5.91. The van der Waals surface area contributed by atoms with Crippen molar-refractivity contribution in [1.82, 2.24) is 10.3 Å². The Labute approximate surface area is 100 Å². The van der Waals surface area contributed by atoms with Gasteiger partial charge in [0.05, 0.1) is 10.7 Å². The number of nitrogens with zero attached hydrogens (tertiary/aromatic N) is 1. The van der Waals surface area contributed by atoms with Gasteiger partial charge in [0.25, 0.3) is 0 Å². The Bertz CT molecular complexity index is 375. The highest BCUT2D eigenvalue weighted by molar-refractivity contribution is 7.09. The van der Waals surface area contributed by atoms with E-state index in [1.54, 1.807) is 11.3 Å². The maximum absolute atomic E-state index is 11.5. The van der Waals surface area contributed by atoms with E-state index in [1.807, 2.05) is 0 Å². The van der Waals surface area contributed by atoms with Gasteiger partial charge in [-0.1, -0.05) is 13.8 Å². The van der Waals surface area contributed by atoms with E-state index in [4.69, 9.17) is 0 Å². The summed E-state index contributed by atoms with van der Waals surface area (Å²) in [6.45, 7) is 4.95. The fraction of sp³-hybridized carbons (Fsp3) is 0.667. The summed E-state index contributed by atoms with van der Waals surface area (Å²) in [5.41, 5.74) is 1.10. The van der Waals surface area contributed by atoms with Crippen LogP contribution in [0.3, 0.4) is 0 Å². The Morgan fingerprint density at radius 2 is 2.44 bits per heavy atom. The van der Waals surface area contributed by atoms with Crippen LogP contribution in [-0.4, -0.2) is 17.4 Å². The second-order valence-electron chi connectivity index (χ2n) is 4.45. The first-order chi connectivity index (χ1) is 7.70. The summed E-state index contributed by atoms with van der Waals surface area (Å²) < 4.78 is 0. The predicted octanol–water partition coefficient (Wildman–Crippen LogP) is 2.02. The van der Waals surface area contributed by atoms with Crippen molar-refractivity contribution in [2.45, 2.75) is 33.1 Å². The smallest absolute Gasteiger partial charge is 0.223 e. The van der Waals surface area contributed by atoms with Gasteiger partial charge in [-0.25, -0.2) is 4.98 Å². The zero-order valence-electron chi connectivity index (χ0n) is 9.82. The van der Waals surface area contributed by atoms with E-state index < -0.39 is 0 Å². The molecule has 1 aromatic rings. The molecule has 0 radical (unpaired) electrons. The van der Waals surface area contributed by atoms with Crippen LogP contribution < -0.4 is 5.32 Å². The molecule has 1 heterocycles. The Morgan fingerprint density at radius 1 is 1.69 bits per heavy atom. The summed E-state index contributed by atoms with van der Waals surface area (Å²) in [7, 11) is 0. The second kappa shape index (κ2) is 4.95. The Balaban J connectivity index is 1.69. The zero-order valence-corrected chi connectivity index (χ0v) is 10.6.